The zero-order valence-electron chi connectivity index (χ0n) is 11.4. The molecule has 1 aliphatic heterocycles. The van der Waals surface area contributed by atoms with Gasteiger partial charge in [0.05, 0.1) is 0 Å². The highest BCUT2D eigenvalue weighted by atomic mass is 32.1. The lowest BCUT2D eigenvalue weighted by Gasteiger charge is -2.26. The Balaban J connectivity index is 1.56. The SMILES string of the molecule is S=C(NC1Cc2ccccc2C1)N1CCCCCC1. The molecule has 0 atom stereocenters. The zero-order valence-corrected chi connectivity index (χ0v) is 12.2. The summed E-state index contributed by atoms with van der Waals surface area (Å²) in [6.45, 7) is 2.26. The Labute approximate surface area is 121 Å². The molecule has 0 radical (unpaired) electrons. The van der Waals surface area contributed by atoms with E-state index in [0.717, 1.165) is 31.0 Å². The average molecular weight is 274 g/mol. The topological polar surface area (TPSA) is 15.3 Å². The van der Waals surface area contributed by atoms with E-state index in [0.29, 0.717) is 6.04 Å². The molecular weight excluding hydrogens is 252 g/mol. The van der Waals surface area contributed by atoms with Crippen LogP contribution in [-0.4, -0.2) is 29.1 Å². The van der Waals surface area contributed by atoms with Crippen LogP contribution in [-0.2, 0) is 12.8 Å². The third kappa shape index (κ3) is 3.08. The minimum Gasteiger partial charge on any atom is -0.359 e. The van der Waals surface area contributed by atoms with E-state index < -0.39 is 0 Å². The van der Waals surface area contributed by atoms with Crippen LogP contribution in [0.1, 0.15) is 36.8 Å². The van der Waals surface area contributed by atoms with E-state index >= 15 is 0 Å². The molecule has 0 amide bonds. The van der Waals surface area contributed by atoms with Gasteiger partial charge < -0.3 is 10.2 Å². The van der Waals surface area contributed by atoms with Gasteiger partial charge in [0.2, 0.25) is 0 Å². The Kier molecular flexibility index (Phi) is 4.02. The lowest BCUT2D eigenvalue weighted by molar-refractivity contribution is 0.418. The number of likely N-dealkylation sites (tertiary alicyclic amines) is 1. The number of benzene rings is 1. The van der Waals surface area contributed by atoms with Crippen molar-refractivity contribution in [1.82, 2.24) is 10.2 Å². The summed E-state index contributed by atoms with van der Waals surface area (Å²) < 4.78 is 0. The van der Waals surface area contributed by atoms with Gasteiger partial charge in [-0.05, 0) is 49.0 Å². The molecule has 3 rings (SSSR count). The minimum absolute atomic E-state index is 0.494. The first-order valence-electron chi connectivity index (χ1n) is 7.45. The largest absolute Gasteiger partial charge is 0.359 e. The molecule has 1 saturated heterocycles. The molecule has 2 aliphatic rings. The number of hydrogen-bond acceptors (Lipinski definition) is 1. The van der Waals surface area contributed by atoms with Crippen molar-refractivity contribution in [2.75, 3.05) is 13.1 Å². The second-order valence-electron chi connectivity index (χ2n) is 5.72. The first-order valence-corrected chi connectivity index (χ1v) is 7.86. The standard InChI is InChI=1S/C16H22N2S/c19-16(18-9-5-1-2-6-10-18)17-15-11-13-7-3-4-8-14(13)12-15/h3-4,7-8,15H,1-2,5-6,9-12H2,(H,17,19). The van der Waals surface area contributed by atoms with Crippen molar-refractivity contribution in [3.05, 3.63) is 35.4 Å². The van der Waals surface area contributed by atoms with Gasteiger partial charge in [-0.3, -0.25) is 0 Å². The molecular formula is C16H22N2S. The number of fused-ring (bicyclic) bond motifs is 1. The molecule has 0 unspecified atom stereocenters. The lowest BCUT2D eigenvalue weighted by atomic mass is 10.1. The molecule has 0 bridgehead atoms. The molecule has 1 aromatic rings. The highest BCUT2D eigenvalue weighted by Gasteiger charge is 2.23. The maximum atomic E-state index is 5.60. The Morgan fingerprint density at radius 1 is 1.00 bits per heavy atom. The molecule has 1 aromatic carbocycles. The van der Waals surface area contributed by atoms with Gasteiger partial charge in [0.25, 0.3) is 0 Å². The fourth-order valence-corrected chi connectivity index (χ4v) is 3.55. The van der Waals surface area contributed by atoms with Gasteiger partial charge in [-0.25, -0.2) is 0 Å². The number of hydrogen-bond donors (Lipinski definition) is 1. The van der Waals surface area contributed by atoms with Crippen LogP contribution in [0.25, 0.3) is 0 Å². The second kappa shape index (κ2) is 5.91. The van der Waals surface area contributed by atoms with E-state index in [1.807, 2.05) is 0 Å². The van der Waals surface area contributed by atoms with Crippen molar-refractivity contribution in [2.45, 2.75) is 44.6 Å². The van der Waals surface area contributed by atoms with E-state index in [9.17, 15) is 0 Å². The molecule has 0 aromatic heterocycles. The molecule has 1 N–H and O–H groups in total. The number of nitrogens with one attached hydrogen (secondary N) is 1. The van der Waals surface area contributed by atoms with Gasteiger partial charge in [-0.1, -0.05) is 37.1 Å². The van der Waals surface area contributed by atoms with E-state index in [4.69, 9.17) is 12.2 Å². The summed E-state index contributed by atoms with van der Waals surface area (Å²) in [5.74, 6) is 0. The van der Waals surface area contributed by atoms with Crippen LogP contribution < -0.4 is 5.32 Å². The molecule has 0 saturated carbocycles. The smallest absolute Gasteiger partial charge is 0.169 e. The summed E-state index contributed by atoms with van der Waals surface area (Å²) in [4.78, 5) is 2.37. The molecule has 19 heavy (non-hydrogen) atoms. The lowest BCUT2D eigenvalue weighted by Crippen LogP contribution is -2.45. The van der Waals surface area contributed by atoms with Gasteiger partial charge in [0, 0.05) is 19.1 Å². The predicted octanol–water partition coefficient (Wildman–Crippen LogP) is 2.90. The number of nitrogens with zero attached hydrogens (tertiary/aromatic N) is 1. The van der Waals surface area contributed by atoms with Gasteiger partial charge in [-0.15, -0.1) is 0 Å². The normalized spacial score (nSPS) is 19.9. The van der Waals surface area contributed by atoms with Gasteiger partial charge in [0.1, 0.15) is 0 Å². The van der Waals surface area contributed by atoms with Crippen molar-refractivity contribution < 1.29 is 0 Å². The molecule has 1 fully saturated rings. The first-order chi connectivity index (χ1) is 9.33. The summed E-state index contributed by atoms with van der Waals surface area (Å²) in [5.41, 5.74) is 2.97. The maximum absolute atomic E-state index is 5.60. The third-order valence-corrected chi connectivity index (χ3v) is 4.65. The van der Waals surface area contributed by atoms with Crippen LogP contribution in [0.2, 0.25) is 0 Å². The van der Waals surface area contributed by atoms with E-state index in [2.05, 4.69) is 34.5 Å². The van der Waals surface area contributed by atoms with Crippen LogP contribution in [0.4, 0.5) is 0 Å². The van der Waals surface area contributed by atoms with Crippen molar-refractivity contribution in [2.24, 2.45) is 0 Å². The Bertz CT molecular complexity index is 425. The van der Waals surface area contributed by atoms with Crippen LogP contribution >= 0.6 is 12.2 Å². The fourth-order valence-electron chi connectivity index (χ4n) is 3.20. The maximum Gasteiger partial charge on any atom is 0.169 e. The third-order valence-electron chi connectivity index (χ3n) is 4.27. The van der Waals surface area contributed by atoms with Crippen LogP contribution in [0.5, 0.6) is 0 Å². The molecule has 1 aliphatic carbocycles. The van der Waals surface area contributed by atoms with Crippen LogP contribution in [0.3, 0.4) is 0 Å². The predicted molar refractivity (Wildman–Crippen MR) is 83.4 cm³/mol. The molecule has 1 heterocycles. The monoisotopic (exact) mass is 274 g/mol. The van der Waals surface area contributed by atoms with Crippen molar-refractivity contribution >= 4 is 17.3 Å². The summed E-state index contributed by atoms with van der Waals surface area (Å²) in [6.07, 6.45) is 7.51. The summed E-state index contributed by atoms with van der Waals surface area (Å²) in [7, 11) is 0. The molecule has 2 nitrogen and oxygen atoms in total. The van der Waals surface area contributed by atoms with Gasteiger partial charge in [-0.2, -0.15) is 0 Å². The van der Waals surface area contributed by atoms with Crippen molar-refractivity contribution in [3.8, 4) is 0 Å². The van der Waals surface area contributed by atoms with Crippen molar-refractivity contribution in [1.29, 1.82) is 0 Å². The number of rotatable bonds is 1. The van der Waals surface area contributed by atoms with Crippen LogP contribution in [0, 0.1) is 0 Å². The average Bonchev–Trinajstić information content (AvgIpc) is 2.63. The summed E-state index contributed by atoms with van der Waals surface area (Å²) in [6, 6.07) is 9.24. The Hall–Kier alpha value is -1.09. The van der Waals surface area contributed by atoms with Crippen molar-refractivity contribution in [3.63, 3.8) is 0 Å². The summed E-state index contributed by atoms with van der Waals surface area (Å²) >= 11 is 5.60. The zero-order chi connectivity index (χ0) is 13.1. The van der Waals surface area contributed by atoms with E-state index in [1.165, 1.54) is 36.8 Å². The Morgan fingerprint density at radius 2 is 1.58 bits per heavy atom. The van der Waals surface area contributed by atoms with E-state index in [1.54, 1.807) is 0 Å². The molecule has 0 spiro atoms. The molecule has 3 heteroatoms. The van der Waals surface area contributed by atoms with E-state index in [-0.39, 0.29) is 0 Å². The summed E-state index contributed by atoms with van der Waals surface area (Å²) in [5, 5.41) is 4.55. The quantitative estimate of drug-likeness (QED) is 0.793. The van der Waals surface area contributed by atoms with Gasteiger partial charge in [0.15, 0.2) is 5.11 Å². The van der Waals surface area contributed by atoms with Gasteiger partial charge >= 0.3 is 0 Å². The molecule has 102 valence electrons. The first kappa shape index (κ1) is 12.9. The van der Waals surface area contributed by atoms with Crippen LogP contribution in [0.15, 0.2) is 24.3 Å². The Morgan fingerprint density at radius 3 is 2.16 bits per heavy atom. The number of thiocarbonyl (C=S) groups is 1. The fraction of sp³-hybridized carbons (Fsp3) is 0.562. The second-order valence-corrected chi connectivity index (χ2v) is 6.11. The highest BCUT2D eigenvalue weighted by molar-refractivity contribution is 7.80. The highest BCUT2D eigenvalue weighted by Crippen LogP contribution is 2.22. The minimum atomic E-state index is 0.494.